The molecule has 0 saturated carbocycles. The molecule has 4 aromatic rings. The Morgan fingerprint density at radius 3 is 2.58 bits per heavy atom. The summed E-state index contributed by atoms with van der Waals surface area (Å²) in [7, 11) is 1.37. The number of aliphatic hydroxyl groups excluding tert-OH is 2. The Hall–Kier alpha value is -3.24. The molecular formula is C23H30FN10O9PS. The number of aromatic nitrogens is 8. The van der Waals surface area contributed by atoms with Crippen molar-refractivity contribution in [3.63, 3.8) is 0 Å². The van der Waals surface area contributed by atoms with Crippen molar-refractivity contribution in [3.8, 4) is 0 Å². The molecule has 2 aliphatic rings. The standard InChI is InChI=1S/C23H30FN10O9PS/c1-23(15(36)14(39-2)21(42-23)33-7-29-11-16(25)27-6-28-17(11)33)5-40-44(38,45)43-13-10(24)9(3-4-35)41-20(13)34-8-30-12-18(34)31-22(26)32-19(12)37/h6-10,13-15,20-21,35-36H,3-5H2,1-2H3,(H,38,45)(H2,25,27,28)(H3,26,31,32,37)/t9-,10+,13-,14-,15+,20-,21-,23?,44?/m1/s1. The molecule has 0 bridgehead atoms. The first-order valence-electron chi connectivity index (χ1n) is 13.5. The highest BCUT2D eigenvalue weighted by Crippen LogP contribution is 2.52. The summed E-state index contributed by atoms with van der Waals surface area (Å²) in [4.78, 5) is 46.1. The van der Waals surface area contributed by atoms with Crippen molar-refractivity contribution in [2.24, 2.45) is 0 Å². The zero-order valence-corrected chi connectivity index (χ0v) is 25.4. The van der Waals surface area contributed by atoms with Gasteiger partial charge in [-0.15, -0.1) is 0 Å². The molecule has 22 heteroatoms. The molecule has 19 nitrogen and oxygen atoms in total. The van der Waals surface area contributed by atoms with Crippen molar-refractivity contribution in [3.05, 3.63) is 29.3 Å². The zero-order chi connectivity index (χ0) is 32.3. The van der Waals surface area contributed by atoms with Gasteiger partial charge in [0.2, 0.25) is 5.95 Å². The number of hydrogen-bond donors (Lipinski definition) is 6. The van der Waals surface area contributed by atoms with E-state index in [2.05, 4.69) is 29.9 Å². The predicted octanol–water partition coefficient (Wildman–Crippen LogP) is -0.976. The number of ether oxygens (including phenoxy) is 3. The summed E-state index contributed by atoms with van der Waals surface area (Å²) < 4.78 is 47.2. The minimum absolute atomic E-state index is 0.0375. The van der Waals surface area contributed by atoms with Gasteiger partial charge in [-0.05, 0) is 25.2 Å². The van der Waals surface area contributed by atoms with Crippen LogP contribution < -0.4 is 17.0 Å². The topological polar surface area (TPSA) is 266 Å². The van der Waals surface area contributed by atoms with Gasteiger partial charge in [0.25, 0.3) is 5.56 Å². The molecule has 4 aromatic heterocycles. The number of nitrogens with zero attached hydrogens (tertiary/aromatic N) is 7. The number of imidazole rings is 2. The number of nitrogens with one attached hydrogen (secondary N) is 1. The van der Waals surface area contributed by atoms with Crippen LogP contribution in [0.4, 0.5) is 16.2 Å². The lowest BCUT2D eigenvalue weighted by Gasteiger charge is -2.31. The number of anilines is 2. The Bertz CT molecular complexity index is 1830. The minimum Gasteiger partial charge on any atom is -0.396 e. The number of hydrogen-bond acceptors (Lipinski definition) is 16. The molecule has 45 heavy (non-hydrogen) atoms. The van der Waals surface area contributed by atoms with Crippen LogP contribution in [-0.4, -0.2) is 111 Å². The average molecular weight is 673 g/mol. The number of aromatic amines is 1. The summed E-state index contributed by atoms with van der Waals surface area (Å²) >= 11 is 5.24. The number of nitrogen functional groups attached to an aromatic ring is 2. The van der Waals surface area contributed by atoms with Crippen LogP contribution in [0.15, 0.2) is 23.8 Å². The van der Waals surface area contributed by atoms with Crippen LogP contribution in [0.3, 0.4) is 0 Å². The lowest BCUT2D eigenvalue weighted by molar-refractivity contribution is -0.114. The summed E-state index contributed by atoms with van der Waals surface area (Å²) in [5, 5.41) is 20.7. The van der Waals surface area contributed by atoms with Crippen molar-refractivity contribution >= 4 is 52.6 Å². The third kappa shape index (κ3) is 5.58. The van der Waals surface area contributed by atoms with Crippen molar-refractivity contribution in [1.82, 2.24) is 39.0 Å². The van der Waals surface area contributed by atoms with E-state index in [9.17, 15) is 19.9 Å². The van der Waals surface area contributed by atoms with Gasteiger partial charge in [-0.25, -0.2) is 24.3 Å². The van der Waals surface area contributed by atoms with E-state index in [4.69, 9.17) is 46.5 Å². The fourth-order valence-corrected chi connectivity index (χ4v) is 6.93. The second-order valence-corrected chi connectivity index (χ2v) is 13.4. The van der Waals surface area contributed by atoms with Gasteiger partial charge < -0.3 is 45.3 Å². The predicted molar refractivity (Wildman–Crippen MR) is 155 cm³/mol. The maximum atomic E-state index is 15.7. The van der Waals surface area contributed by atoms with Gasteiger partial charge in [0.1, 0.15) is 35.8 Å². The van der Waals surface area contributed by atoms with Crippen LogP contribution in [0.1, 0.15) is 25.8 Å². The van der Waals surface area contributed by atoms with E-state index in [0.29, 0.717) is 11.2 Å². The van der Waals surface area contributed by atoms with E-state index in [1.165, 1.54) is 42.1 Å². The summed E-state index contributed by atoms with van der Waals surface area (Å²) in [5.41, 5.74) is 9.93. The molecule has 0 aliphatic carbocycles. The molecule has 2 fully saturated rings. The van der Waals surface area contributed by atoms with Crippen LogP contribution >= 0.6 is 6.72 Å². The fourth-order valence-electron chi connectivity index (χ4n) is 5.46. The number of aliphatic hydroxyl groups is 2. The number of halogens is 1. The number of rotatable bonds is 10. The fraction of sp³-hybridized carbons (Fsp3) is 0.565. The molecule has 0 radical (unpaired) electrons. The molecule has 2 unspecified atom stereocenters. The third-order valence-electron chi connectivity index (χ3n) is 7.71. The minimum atomic E-state index is -4.30. The van der Waals surface area contributed by atoms with Crippen molar-refractivity contribution in [2.75, 3.05) is 31.8 Å². The maximum Gasteiger partial charge on any atom is 0.325 e. The van der Waals surface area contributed by atoms with Crippen LogP contribution in [0.5, 0.6) is 0 Å². The average Bonchev–Trinajstić information content (AvgIpc) is 3.73. The Morgan fingerprint density at radius 1 is 1.16 bits per heavy atom. The first kappa shape index (κ1) is 31.7. The highest BCUT2D eigenvalue weighted by Gasteiger charge is 2.55. The molecule has 6 rings (SSSR count). The summed E-state index contributed by atoms with van der Waals surface area (Å²) in [5.74, 6) is -0.0773. The number of alkyl halides is 1. The maximum absolute atomic E-state index is 15.7. The molecule has 244 valence electrons. The molecule has 9 atom stereocenters. The van der Waals surface area contributed by atoms with E-state index >= 15 is 4.39 Å². The molecule has 6 heterocycles. The van der Waals surface area contributed by atoms with Gasteiger partial charge in [-0.1, -0.05) is 0 Å². The Balaban J connectivity index is 1.23. The van der Waals surface area contributed by atoms with E-state index in [0.717, 1.165) is 0 Å². The van der Waals surface area contributed by atoms with Crippen LogP contribution in [-0.2, 0) is 35.1 Å². The zero-order valence-electron chi connectivity index (χ0n) is 23.7. The highest BCUT2D eigenvalue weighted by molar-refractivity contribution is 8.07. The monoisotopic (exact) mass is 672 g/mol. The van der Waals surface area contributed by atoms with Crippen molar-refractivity contribution in [2.45, 2.75) is 62.0 Å². The summed E-state index contributed by atoms with van der Waals surface area (Å²) in [6.07, 6.45) is -5.55. The Labute approximate surface area is 257 Å². The van der Waals surface area contributed by atoms with Gasteiger partial charge in [-0.2, -0.15) is 4.98 Å². The van der Waals surface area contributed by atoms with Crippen LogP contribution in [0, 0.1) is 0 Å². The lowest BCUT2D eigenvalue weighted by atomic mass is 9.98. The Morgan fingerprint density at radius 2 is 1.87 bits per heavy atom. The number of nitrogens with two attached hydrogens (primary N) is 2. The van der Waals surface area contributed by atoms with Gasteiger partial charge in [0.05, 0.1) is 25.4 Å². The van der Waals surface area contributed by atoms with Crippen molar-refractivity contribution < 1.29 is 42.8 Å². The number of H-pyrrole nitrogens is 1. The Kier molecular flexibility index (Phi) is 8.35. The SMILES string of the molecule is CO[C@H]1[C@H](n2cnc3c(N)ncnc32)OC(C)(COP(O)(=S)O[C@@H]2[C@@H](F)[C@@H](CCO)O[C@H]2n2cnc3c(=O)[nH]c(N)nc32)[C@H]1O. The number of methoxy groups -OCH3 is 1. The van der Waals surface area contributed by atoms with Gasteiger partial charge in [0, 0.05) is 13.7 Å². The van der Waals surface area contributed by atoms with Crippen LogP contribution in [0.2, 0.25) is 0 Å². The highest BCUT2D eigenvalue weighted by atomic mass is 32.5. The number of fused-ring (bicyclic) bond motifs is 2. The normalized spacial score (nSPS) is 31.6. The quantitative estimate of drug-likeness (QED) is 0.111. The largest absolute Gasteiger partial charge is 0.396 e. The van der Waals surface area contributed by atoms with E-state index < -0.39 is 74.1 Å². The molecule has 0 spiro atoms. The van der Waals surface area contributed by atoms with Crippen LogP contribution in [0.25, 0.3) is 22.3 Å². The van der Waals surface area contributed by atoms with Crippen molar-refractivity contribution in [1.29, 1.82) is 0 Å². The van der Waals surface area contributed by atoms with Gasteiger partial charge >= 0.3 is 6.72 Å². The third-order valence-corrected chi connectivity index (χ3v) is 9.25. The first-order valence-corrected chi connectivity index (χ1v) is 16.1. The molecule has 2 aliphatic heterocycles. The second-order valence-electron chi connectivity index (χ2n) is 10.7. The molecular weight excluding hydrogens is 642 g/mol. The molecule has 2 saturated heterocycles. The molecule has 8 N–H and O–H groups in total. The first-order chi connectivity index (χ1) is 21.4. The van der Waals surface area contributed by atoms with E-state index in [1.54, 1.807) is 0 Å². The van der Waals surface area contributed by atoms with E-state index in [-0.39, 0.29) is 29.4 Å². The summed E-state index contributed by atoms with van der Waals surface area (Å²) in [6, 6.07) is 0. The van der Waals surface area contributed by atoms with Gasteiger partial charge in [0.15, 0.2) is 41.3 Å². The second kappa shape index (κ2) is 11.8. The smallest absolute Gasteiger partial charge is 0.325 e. The van der Waals surface area contributed by atoms with E-state index in [1.807, 2.05) is 0 Å². The lowest BCUT2D eigenvalue weighted by Crippen LogP contribution is -2.44. The molecule has 0 aromatic carbocycles. The summed E-state index contributed by atoms with van der Waals surface area (Å²) in [6.45, 7) is -3.73. The van der Waals surface area contributed by atoms with Gasteiger partial charge in [-0.3, -0.25) is 23.4 Å². The molecule has 0 amide bonds.